The molecular weight excluding hydrogens is 572 g/mol. The van der Waals surface area contributed by atoms with Crippen molar-refractivity contribution in [2.24, 2.45) is 15.9 Å². The number of carbonyl (C=O) groups excluding carboxylic acids is 1. The first-order valence-corrected chi connectivity index (χ1v) is 12.0. The molecule has 0 saturated carbocycles. The summed E-state index contributed by atoms with van der Waals surface area (Å²) in [6.07, 6.45) is -5.92. The summed E-state index contributed by atoms with van der Waals surface area (Å²) in [4.78, 5) is 25.9. The number of halogens is 7. The molecule has 0 radical (unpaired) electrons. The molecule has 4 aromatic rings. The molecule has 0 unspecified atom stereocenters. The Kier molecular flexibility index (Phi) is 8.52. The number of hydrogen-bond donors (Lipinski definition) is 1. The number of hydrazone groups is 1. The van der Waals surface area contributed by atoms with Crippen molar-refractivity contribution in [1.29, 1.82) is 0 Å². The number of aliphatic imine (C=N–C) groups is 1. The predicted molar refractivity (Wildman–Crippen MR) is 141 cm³/mol. The standard InChI is InChI=1S/C28H18ClF6N5O/c29-22-6-2-1-4-20(22)26(41)21-5-3-9-38-24(21)25(40-36)23(17-7-10-37-11-8-17)39-15-16-12-18(27(30,31)32)14-19(13-16)28(33,34)35/h1-14H,15,36H2. The number of benzene rings is 2. The molecule has 0 atom stereocenters. The van der Waals surface area contributed by atoms with Gasteiger partial charge in [0.2, 0.25) is 0 Å². The second-order valence-corrected chi connectivity index (χ2v) is 8.91. The van der Waals surface area contributed by atoms with Crippen LogP contribution in [0.15, 0.2) is 95.4 Å². The highest BCUT2D eigenvalue weighted by molar-refractivity contribution is 6.54. The van der Waals surface area contributed by atoms with Crippen molar-refractivity contribution in [2.45, 2.75) is 18.9 Å². The van der Waals surface area contributed by atoms with Gasteiger partial charge in [0.1, 0.15) is 11.4 Å². The third-order valence-corrected chi connectivity index (χ3v) is 6.10. The maximum atomic E-state index is 13.4. The average molecular weight is 590 g/mol. The Labute approximate surface area is 234 Å². The minimum absolute atomic E-state index is 0.0319. The van der Waals surface area contributed by atoms with E-state index in [0.717, 1.165) is 0 Å². The summed E-state index contributed by atoms with van der Waals surface area (Å²) < 4.78 is 80.4. The minimum atomic E-state index is -5.03. The van der Waals surface area contributed by atoms with Gasteiger partial charge in [0.05, 0.1) is 34.0 Å². The Balaban J connectivity index is 1.85. The van der Waals surface area contributed by atoms with Crippen LogP contribution in [0, 0.1) is 0 Å². The maximum absolute atomic E-state index is 13.4. The van der Waals surface area contributed by atoms with Crippen molar-refractivity contribution < 1.29 is 31.1 Å². The highest BCUT2D eigenvalue weighted by Crippen LogP contribution is 2.36. The number of aromatic nitrogens is 2. The number of alkyl halides is 6. The summed E-state index contributed by atoms with van der Waals surface area (Å²) in [6.45, 7) is -0.621. The van der Waals surface area contributed by atoms with E-state index >= 15 is 0 Å². The van der Waals surface area contributed by atoms with Crippen molar-refractivity contribution in [1.82, 2.24) is 9.97 Å². The van der Waals surface area contributed by atoms with Gasteiger partial charge in [0.15, 0.2) is 5.78 Å². The van der Waals surface area contributed by atoms with E-state index in [1.54, 1.807) is 12.1 Å². The molecule has 13 heteroatoms. The normalized spacial score (nSPS) is 12.9. The van der Waals surface area contributed by atoms with Crippen molar-refractivity contribution in [3.05, 3.63) is 129 Å². The first-order chi connectivity index (χ1) is 19.4. The Hall–Kier alpha value is -4.58. The van der Waals surface area contributed by atoms with Crippen molar-refractivity contribution in [3.8, 4) is 0 Å². The lowest BCUT2D eigenvalue weighted by Gasteiger charge is -2.15. The second kappa shape index (κ2) is 11.9. The number of nitrogens with zero attached hydrogens (tertiary/aromatic N) is 4. The summed E-state index contributed by atoms with van der Waals surface area (Å²) >= 11 is 6.21. The van der Waals surface area contributed by atoms with Gasteiger partial charge in [0, 0.05) is 29.7 Å². The van der Waals surface area contributed by atoms with Gasteiger partial charge < -0.3 is 5.84 Å². The monoisotopic (exact) mass is 589 g/mol. The van der Waals surface area contributed by atoms with E-state index in [1.165, 1.54) is 55.0 Å². The van der Waals surface area contributed by atoms with Crippen LogP contribution in [0.25, 0.3) is 0 Å². The number of hydrogen-bond acceptors (Lipinski definition) is 6. The molecule has 0 saturated heterocycles. The van der Waals surface area contributed by atoms with Gasteiger partial charge in [-0.15, -0.1) is 0 Å². The van der Waals surface area contributed by atoms with Gasteiger partial charge in [0.25, 0.3) is 0 Å². The zero-order chi connectivity index (χ0) is 29.8. The number of ketones is 1. The molecule has 0 fully saturated rings. The molecule has 0 bridgehead atoms. The number of rotatable bonds is 7. The van der Waals surface area contributed by atoms with Crippen LogP contribution in [0.3, 0.4) is 0 Å². The molecule has 0 aliphatic carbocycles. The van der Waals surface area contributed by atoms with E-state index in [2.05, 4.69) is 20.1 Å². The van der Waals surface area contributed by atoms with Gasteiger partial charge in [-0.1, -0.05) is 23.7 Å². The lowest BCUT2D eigenvalue weighted by molar-refractivity contribution is -0.143. The molecule has 0 aliphatic heterocycles. The summed E-state index contributed by atoms with van der Waals surface area (Å²) in [5.74, 6) is 5.20. The summed E-state index contributed by atoms with van der Waals surface area (Å²) in [7, 11) is 0. The third-order valence-electron chi connectivity index (χ3n) is 5.77. The SMILES string of the molecule is NN=C(C(=NCc1cc(C(F)(F)F)cc(C(F)(F)F)c1)c1ccncc1)c1ncccc1C(=O)c1ccccc1Cl. The Bertz CT molecular complexity index is 1600. The zero-order valence-corrected chi connectivity index (χ0v) is 21.5. The molecule has 0 spiro atoms. The van der Waals surface area contributed by atoms with E-state index < -0.39 is 35.8 Å². The first-order valence-electron chi connectivity index (χ1n) is 11.7. The molecule has 0 amide bonds. The fraction of sp³-hybridized carbons (Fsp3) is 0.107. The highest BCUT2D eigenvalue weighted by Gasteiger charge is 2.37. The third kappa shape index (κ3) is 6.77. The highest BCUT2D eigenvalue weighted by atomic mass is 35.5. The molecule has 2 aromatic heterocycles. The Morgan fingerprint density at radius 3 is 2.00 bits per heavy atom. The van der Waals surface area contributed by atoms with Gasteiger partial charge in [-0.2, -0.15) is 31.4 Å². The molecule has 2 heterocycles. The zero-order valence-electron chi connectivity index (χ0n) is 20.7. The first kappa shape index (κ1) is 29.4. The van der Waals surface area contributed by atoms with Crippen LogP contribution in [0.2, 0.25) is 5.02 Å². The second-order valence-electron chi connectivity index (χ2n) is 8.50. The van der Waals surface area contributed by atoms with Gasteiger partial charge in [-0.3, -0.25) is 19.8 Å². The average Bonchev–Trinajstić information content (AvgIpc) is 2.94. The molecule has 6 nitrogen and oxygen atoms in total. The molecule has 210 valence electrons. The summed E-state index contributed by atoms with van der Waals surface area (Å²) in [6, 6.07) is 13.4. The minimum Gasteiger partial charge on any atom is -0.323 e. The van der Waals surface area contributed by atoms with Crippen LogP contribution in [-0.2, 0) is 18.9 Å². The van der Waals surface area contributed by atoms with E-state index in [-0.39, 0.29) is 44.9 Å². The van der Waals surface area contributed by atoms with Crippen LogP contribution in [0.4, 0.5) is 26.3 Å². The lowest BCUT2D eigenvalue weighted by atomic mass is 9.96. The fourth-order valence-electron chi connectivity index (χ4n) is 3.90. The molecule has 41 heavy (non-hydrogen) atoms. The van der Waals surface area contributed by atoms with Crippen LogP contribution >= 0.6 is 11.6 Å². The molecule has 4 rings (SSSR count). The Morgan fingerprint density at radius 1 is 0.805 bits per heavy atom. The van der Waals surface area contributed by atoms with E-state index in [9.17, 15) is 31.1 Å². The van der Waals surface area contributed by atoms with Crippen molar-refractivity contribution in [2.75, 3.05) is 0 Å². The van der Waals surface area contributed by atoms with Crippen LogP contribution < -0.4 is 5.84 Å². The molecule has 2 N–H and O–H groups in total. The Morgan fingerprint density at radius 2 is 1.41 bits per heavy atom. The van der Waals surface area contributed by atoms with Gasteiger partial charge in [-0.05, 0) is 60.2 Å². The van der Waals surface area contributed by atoms with Gasteiger partial charge >= 0.3 is 12.4 Å². The van der Waals surface area contributed by atoms with E-state index in [1.807, 2.05) is 0 Å². The van der Waals surface area contributed by atoms with Crippen LogP contribution in [0.1, 0.15) is 43.9 Å². The summed E-state index contributed by atoms with van der Waals surface area (Å²) in [5.41, 5.74) is -3.05. The molecule has 2 aromatic carbocycles. The van der Waals surface area contributed by atoms with E-state index in [0.29, 0.717) is 17.7 Å². The van der Waals surface area contributed by atoms with Gasteiger partial charge in [-0.25, -0.2) is 0 Å². The molecular formula is C28H18ClF6N5O. The smallest absolute Gasteiger partial charge is 0.323 e. The molecule has 0 aliphatic rings. The lowest BCUT2D eigenvalue weighted by Crippen LogP contribution is -2.24. The van der Waals surface area contributed by atoms with Crippen LogP contribution in [0.5, 0.6) is 0 Å². The topological polar surface area (TPSA) is 93.6 Å². The number of pyridine rings is 2. The summed E-state index contributed by atoms with van der Waals surface area (Å²) in [5, 5.41) is 3.95. The fourth-order valence-corrected chi connectivity index (χ4v) is 4.12. The van der Waals surface area contributed by atoms with Crippen molar-refractivity contribution in [3.63, 3.8) is 0 Å². The maximum Gasteiger partial charge on any atom is 0.416 e. The largest absolute Gasteiger partial charge is 0.416 e. The number of nitrogens with two attached hydrogens (primary N) is 1. The van der Waals surface area contributed by atoms with E-state index in [4.69, 9.17) is 17.4 Å². The predicted octanol–water partition coefficient (Wildman–Crippen LogP) is 6.75. The van der Waals surface area contributed by atoms with Crippen LogP contribution in [-0.4, -0.2) is 27.2 Å². The number of carbonyl (C=O) groups is 1. The van der Waals surface area contributed by atoms with Crippen molar-refractivity contribution >= 4 is 28.8 Å². The quantitative estimate of drug-likeness (QED) is 0.0848.